The summed E-state index contributed by atoms with van der Waals surface area (Å²) in [5.41, 5.74) is -0.630. The third-order valence-electron chi connectivity index (χ3n) is 4.28. The van der Waals surface area contributed by atoms with Gasteiger partial charge in [-0.3, -0.25) is 4.79 Å². The van der Waals surface area contributed by atoms with Crippen molar-refractivity contribution >= 4 is 22.6 Å². The zero-order valence-electron chi connectivity index (χ0n) is 13.1. The van der Waals surface area contributed by atoms with Gasteiger partial charge in [0.25, 0.3) is 0 Å². The van der Waals surface area contributed by atoms with Gasteiger partial charge in [0.05, 0.1) is 6.54 Å². The van der Waals surface area contributed by atoms with Gasteiger partial charge in [-0.15, -0.1) is 0 Å². The van der Waals surface area contributed by atoms with Crippen molar-refractivity contribution in [3.63, 3.8) is 0 Å². The maximum Gasteiger partial charge on any atom is 0.223 e. The van der Waals surface area contributed by atoms with E-state index in [1.807, 2.05) is 0 Å². The van der Waals surface area contributed by atoms with E-state index in [0.29, 0.717) is 30.6 Å². The number of carbonyl (C=O) groups is 1. The predicted molar refractivity (Wildman–Crippen MR) is 83.2 cm³/mol. The fraction of sp³-hybridized carbons (Fsp3) is 0.643. The largest absolute Gasteiger partial charge is 0.344 e. The summed E-state index contributed by atoms with van der Waals surface area (Å²) in [7, 11) is 0. The molecule has 9 heteroatoms. The molecule has 2 aliphatic rings. The number of carbonyl (C=O) groups excluding carboxylic acids is 1. The molecule has 0 bridgehead atoms. The van der Waals surface area contributed by atoms with Gasteiger partial charge in [0, 0.05) is 37.8 Å². The normalized spacial score (nSPS) is 24.2. The van der Waals surface area contributed by atoms with Gasteiger partial charge in [-0.2, -0.15) is 9.36 Å². The van der Waals surface area contributed by atoms with Gasteiger partial charge in [0.15, 0.2) is 5.82 Å². The number of rotatable bonds is 4. The first-order valence-electron chi connectivity index (χ1n) is 7.74. The van der Waals surface area contributed by atoms with Crippen LogP contribution >= 0.6 is 11.5 Å². The smallest absolute Gasteiger partial charge is 0.223 e. The van der Waals surface area contributed by atoms with E-state index in [0.717, 1.165) is 17.5 Å². The number of hydrogen-bond acceptors (Lipinski definition) is 8. The van der Waals surface area contributed by atoms with Crippen LogP contribution < -0.4 is 10.2 Å². The summed E-state index contributed by atoms with van der Waals surface area (Å²) >= 11 is 1.42. The summed E-state index contributed by atoms with van der Waals surface area (Å²) in [5.74, 6) is 2.42. The molecule has 1 saturated heterocycles. The molecule has 2 aromatic heterocycles. The van der Waals surface area contributed by atoms with Gasteiger partial charge < -0.3 is 14.7 Å². The highest BCUT2D eigenvalue weighted by atomic mass is 32.1. The molecule has 1 atom stereocenters. The fourth-order valence-electron chi connectivity index (χ4n) is 3.01. The van der Waals surface area contributed by atoms with Crippen molar-refractivity contribution in [1.29, 1.82) is 0 Å². The fourth-order valence-corrected chi connectivity index (χ4v) is 3.78. The second kappa shape index (κ2) is 5.26. The second-order valence-electron chi connectivity index (χ2n) is 6.28. The van der Waals surface area contributed by atoms with E-state index < -0.39 is 5.54 Å². The quantitative estimate of drug-likeness (QED) is 0.901. The molecular formula is C14H18N6O2S. The SMILES string of the molecule is CC(=O)N[C@]1(c2noc(C)n2)CCN(c2nc(C3CC3)ns2)C1. The molecule has 122 valence electrons. The molecule has 1 N–H and O–H groups in total. The monoisotopic (exact) mass is 334 g/mol. The van der Waals surface area contributed by atoms with Crippen LogP contribution in [0.15, 0.2) is 4.52 Å². The van der Waals surface area contributed by atoms with E-state index in [1.165, 1.54) is 31.3 Å². The number of aromatic nitrogens is 4. The van der Waals surface area contributed by atoms with Crippen LogP contribution in [0.25, 0.3) is 0 Å². The standard InChI is InChI=1S/C14H18N6O2S/c1-8(21)17-14(12-15-9(2)22-18-12)5-6-20(7-14)13-16-11(19-23-13)10-3-4-10/h10H,3-7H2,1-2H3,(H,17,21)/t14-/m1/s1. The summed E-state index contributed by atoms with van der Waals surface area (Å²) in [6, 6.07) is 0. The Bertz CT molecular complexity index is 739. The Morgan fingerprint density at radius 2 is 2.26 bits per heavy atom. The summed E-state index contributed by atoms with van der Waals surface area (Å²) in [5, 5.41) is 7.95. The molecule has 8 nitrogen and oxygen atoms in total. The van der Waals surface area contributed by atoms with E-state index in [2.05, 4.69) is 29.7 Å². The topological polar surface area (TPSA) is 97.0 Å². The molecule has 1 saturated carbocycles. The average Bonchev–Trinajstić information content (AvgIpc) is 2.91. The van der Waals surface area contributed by atoms with Crippen molar-refractivity contribution in [3.05, 3.63) is 17.5 Å². The molecule has 2 aromatic rings. The Labute approximate surface area is 137 Å². The van der Waals surface area contributed by atoms with E-state index in [-0.39, 0.29) is 5.91 Å². The van der Waals surface area contributed by atoms with E-state index in [4.69, 9.17) is 4.52 Å². The van der Waals surface area contributed by atoms with Crippen LogP contribution in [0.2, 0.25) is 0 Å². The zero-order valence-corrected chi connectivity index (χ0v) is 13.9. The number of nitrogens with zero attached hydrogens (tertiary/aromatic N) is 5. The minimum Gasteiger partial charge on any atom is -0.344 e. The number of nitrogens with one attached hydrogen (secondary N) is 1. The van der Waals surface area contributed by atoms with Gasteiger partial charge in [0.1, 0.15) is 11.4 Å². The maximum absolute atomic E-state index is 11.7. The summed E-state index contributed by atoms with van der Waals surface area (Å²) < 4.78 is 9.57. The van der Waals surface area contributed by atoms with Crippen LogP contribution in [0, 0.1) is 6.92 Å². The highest BCUT2D eigenvalue weighted by Gasteiger charge is 2.45. The van der Waals surface area contributed by atoms with Crippen LogP contribution in [0.3, 0.4) is 0 Å². The van der Waals surface area contributed by atoms with Crippen LogP contribution in [0.1, 0.15) is 49.6 Å². The lowest BCUT2D eigenvalue weighted by Crippen LogP contribution is -2.48. The number of hydrogen-bond donors (Lipinski definition) is 1. The molecule has 23 heavy (non-hydrogen) atoms. The molecule has 0 radical (unpaired) electrons. The molecular weight excluding hydrogens is 316 g/mol. The number of amides is 1. The maximum atomic E-state index is 11.7. The number of anilines is 1. The first kappa shape index (κ1) is 14.6. The van der Waals surface area contributed by atoms with Crippen LogP contribution in [-0.2, 0) is 10.3 Å². The molecule has 0 aromatic carbocycles. The summed E-state index contributed by atoms with van der Waals surface area (Å²) in [4.78, 5) is 22.8. The highest BCUT2D eigenvalue weighted by molar-refractivity contribution is 7.09. The van der Waals surface area contributed by atoms with Gasteiger partial charge in [-0.05, 0) is 19.3 Å². The Morgan fingerprint density at radius 1 is 1.43 bits per heavy atom. The minimum absolute atomic E-state index is 0.106. The first-order chi connectivity index (χ1) is 11.1. The molecule has 0 spiro atoms. The highest BCUT2D eigenvalue weighted by Crippen LogP contribution is 2.41. The zero-order chi connectivity index (χ0) is 16.0. The first-order valence-corrected chi connectivity index (χ1v) is 8.51. The Kier molecular flexibility index (Phi) is 3.33. The van der Waals surface area contributed by atoms with Crippen molar-refractivity contribution in [3.8, 4) is 0 Å². The summed E-state index contributed by atoms with van der Waals surface area (Å²) in [6.45, 7) is 4.60. The summed E-state index contributed by atoms with van der Waals surface area (Å²) in [6.07, 6.45) is 3.09. The molecule has 1 aliphatic carbocycles. The third-order valence-corrected chi connectivity index (χ3v) is 5.08. The Morgan fingerprint density at radius 3 is 2.91 bits per heavy atom. The Balaban J connectivity index is 1.59. The van der Waals surface area contributed by atoms with Gasteiger partial charge in [0.2, 0.25) is 16.9 Å². The lowest BCUT2D eigenvalue weighted by molar-refractivity contribution is -0.120. The van der Waals surface area contributed by atoms with E-state index in [9.17, 15) is 4.79 Å². The molecule has 3 heterocycles. The van der Waals surface area contributed by atoms with Crippen LogP contribution in [-0.4, -0.2) is 38.5 Å². The molecule has 1 amide bonds. The molecule has 2 fully saturated rings. The van der Waals surface area contributed by atoms with Gasteiger partial charge in [-0.1, -0.05) is 5.16 Å². The van der Waals surface area contributed by atoms with E-state index >= 15 is 0 Å². The Hall–Kier alpha value is -2.03. The van der Waals surface area contributed by atoms with Crippen molar-refractivity contribution in [2.24, 2.45) is 0 Å². The number of aryl methyl sites for hydroxylation is 1. The lowest BCUT2D eigenvalue weighted by atomic mass is 9.97. The van der Waals surface area contributed by atoms with Gasteiger partial charge >= 0.3 is 0 Å². The molecule has 4 rings (SSSR count). The lowest BCUT2D eigenvalue weighted by Gasteiger charge is -2.26. The molecule has 0 unspecified atom stereocenters. The van der Waals surface area contributed by atoms with Crippen molar-refractivity contribution in [2.75, 3.05) is 18.0 Å². The predicted octanol–water partition coefficient (Wildman–Crippen LogP) is 1.35. The van der Waals surface area contributed by atoms with E-state index in [1.54, 1.807) is 6.92 Å². The average molecular weight is 334 g/mol. The minimum atomic E-state index is -0.630. The van der Waals surface area contributed by atoms with Gasteiger partial charge in [-0.25, -0.2) is 4.98 Å². The van der Waals surface area contributed by atoms with Crippen molar-refractivity contribution in [1.82, 2.24) is 24.8 Å². The molecule has 1 aliphatic heterocycles. The van der Waals surface area contributed by atoms with Crippen molar-refractivity contribution < 1.29 is 9.32 Å². The van der Waals surface area contributed by atoms with Crippen LogP contribution in [0.4, 0.5) is 5.13 Å². The second-order valence-corrected chi connectivity index (χ2v) is 7.01. The van der Waals surface area contributed by atoms with Crippen molar-refractivity contribution in [2.45, 2.75) is 44.6 Å². The third kappa shape index (κ3) is 2.69. The van der Waals surface area contributed by atoms with Crippen LogP contribution in [0.5, 0.6) is 0 Å².